The summed E-state index contributed by atoms with van der Waals surface area (Å²) in [5, 5.41) is 3.72. The predicted molar refractivity (Wildman–Crippen MR) is 141 cm³/mol. The second-order valence-corrected chi connectivity index (χ2v) is 10.2. The van der Waals surface area contributed by atoms with Crippen molar-refractivity contribution in [3.8, 4) is 0 Å². The smallest absolute Gasteiger partial charge is 0.406 e. The van der Waals surface area contributed by atoms with Gasteiger partial charge in [-0.3, -0.25) is 4.79 Å². The molecule has 196 valence electrons. The van der Waals surface area contributed by atoms with Crippen LogP contribution in [-0.2, 0) is 11.3 Å². The molecule has 1 atom stereocenters. The molecular weight excluding hydrogens is 471 g/mol. The van der Waals surface area contributed by atoms with Crippen LogP contribution in [0.15, 0.2) is 54.7 Å². The first-order valence-electron chi connectivity index (χ1n) is 13.2. The molecule has 2 saturated heterocycles. The van der Waals surface area contributed by atoms with E-state index in [9.17, 15) is 14.0 Å². The minimum Gasteiger partial charge on any atom is -0.453 e. The highest BCUT2D eigenvalue weighted by Crippen LogP contribution is 2.30. The number of amides is 2. The van der Waals surface area contributed by atoms with Gasteiger partial charge in [0.25, 0.3) is 5.91 Å². The lowest BCUT2D eigenvalue weighted by Gasteiger charge is -2.33. The van der Waals surface area contributed by atoms with Gasteiger partial charge in [0.1, 0.15) is 5.82 Å². The van der Waals surface area contributed by atoms with Crippen molar-refractivity contribution in [3.63, 3.8) is 0 Å². The van der Waals surface area contributed by atoms with Crippen molar-refractivity contribution < 1.29 is 18.7 Å². The average Bonchev–Trinajstić information content (AvgIpc) is 3.56. The summed E-state index contributed by atoms with van der Waals surface area (Å²) in [5.41, 5.74) is 2.85. The number of nitrogens with one attached hydrogen (secondary N) is 1. The number of likely N-dealkylation sites (tertiary alicyclic amines) is 2. The maximum atomic E-state index is 13.6. The molecule has 1 aromatic heterocycles. The van der Waals surface area contributed by atoms with Gasteiger partial charge >= 0.3 is 6.09 Å². The zero-order chi connectivity index (χ0) is 25.8. The van der Waals surface area contributed by atoms with Crippen LogP contribution in [-0.4, -0.2) is 72.7 Å². The number of alkyl carbamates (subject to hydrolysis) is 1. The molecule has 0 aliphatic carbocycles. The molecule has 2 aliphatic heterocycles. The first kappa shape index (κ1) is 25.3. The number of methoxy groups -OCH3 is 1. The van der Waals surface area contributed by atoms with Crippen LogP contribution < -0.4 is 5.32 Å². The average molecular weight is 507 g/mol. The van der Waals surface area contributed by atoms with Crippen molar-refractivity contribution in [2.24, 2.45) is 5.92 Å². The summed E-state index contributed by atoms with van der Waals surface area (Å²) < 4.78 is 19.9. The normalized spacial score (nSPS) is 18.9. The zero-order valence-corrected chi connectivity index (χ0v) is 21.4. The van der Waals surface area contributed by atoms with Crippen molar-refractivity contribution in [2.45, 2.75) is 31.7 Å². The lowest BCUT2D eigenvalue weighted by Crippen LogP contribution is -2.38. The summed E-state index contributed by atoms with van der Waals surface area (Å²) >= 11 is 0. The van der Waals surface area contributed by atoms with Crippen LogP contribution in [0.25, 0.3) is 10.9 Å². The summed E-state index contributed by atoms with van der Waals surface area (Å²) in [5.74, 6) is 0.866. The number of benzene rings is 2. The Morgan fingerprint density at radius 1 is 1.03 bits per heavy atom. The first-order valence-corrected chi connectivity index (χ1v) is 13.2. The molecule has 1 N–H and O–H groups in total. The van der Waals surface area contributed by atoms with Crippen molar-refractivity contribution in [1.29, 1.82) is 0 Å². The van der Waals surface area contributed by atoms with E-state index >= 15 is 0 Å². The minimum atomic E-state index is -0.462. The van der Waals surface area contributed by atoms with E-state index in [0.717, 1.165) is 62.9 Å². The third-order valence-corrected chi connectivity index (χ3v) is 7.84. The summed E-state index contributed by atoms with van der Waals surface area (Å²) in [4.78, 5) is 29.5. The number of hydrogen-bond donors (Lipinski definition) is 1. The lowest BCUT2D eigenvalue weighted by atomic mass is 9.89. The van der Waals surface area contributed by atoms with Crippen LogP contribution in [0.2, 0.25) is 0 Å². The summed E-state index contributed by atoms with van der Waals surface area (Å²) in [6, 6.07) is 14.8. The molecule has 2 aliphatic rings. The molecule has 3 aromatic rings. The summed E-state index contributed by atoms with van der Waals surface area (Å²) in [6.07, 6.45) is 4.69. The zero-order valence-electron chi connectivity index (χ0n) is 21.4. The first-order chi connectivity index (χ1) is 18.0. The fourth-order valence-corrected chi connectivity index (χ4v) is 5.86. The largest absolute Gasteiger partial charge is 0.453 e. The molecule has 2 amide bonds. The molecule has 0 radical (unpaired) electrons. The highest BCUT2D eigenvalue weighted by molar-refractivity contribution is 6.06. The van der Waals surface area contributed by atoms with E-state index in [-0.39, 0.29) is 11.7 Å². The third-order valence-electron chi connectivity index (χ3n) is 7.84. The molecule has 37 heavy (non-hydrogen) atoms. The molecule has 2 fully saturated rings. The van der Waals surface area contributed by atoms with Crippen LogP contribution in [0.1, 0.15) is 41.1 Å². The number of hydrogen-bond acceptors (Lipinski definition) is 4. The van der Waals surface area contributed by atoms with Gasteiger partial charge in [-0.1, -0.05) is 24.3 Å². The summed E-state index contributed by atoms with van der Waals surface area (Å²) in [6.45, 7) is 5.62. The molecule has 0 unspecified atom stereocenters. The maximum absolute atomic E-state index is 13.6. The number of fused-ring (bicyclic) bond motifs is 1. The van der Waals surface area contributed by atoms with Gasteiger partial charge in [-0.25, -0.2) is 9.18 Å². The number of nitrogens with zero attached hydrogens (tertiary/aromatic N) is 3. The van der Waals surface area contributed by atoms with Gasteiger partial charge in [0.15, 0.2) is 0 Å². The molecular formula is C29H35FN4O3. The van der Waals surface area contributed by atoms with E-state index in [0.29, 0.717) is 30.5 Å². The van der Waals surface area contributed by atoms with Crippen molar-refractivity contribution in [3.05, 3.63) is 71.7 Å². The molecule has 3 heterocycles. The number of carbonyl (C=O) groups is 2. The number of aromatic nitrogens is 1. The molecule has 7 nitrogen and oxygen atoms in total. The quantitative estimate of drug-likeness (QED) is 0.513. The maximum Gasteiger partial charge on any atom is 0.406 e. The highest BCUT2D eigenvalue weighted by Gasteiger charge is 2.31. The van der Waals surface area contributed by atoms with E-state index in [4.69, 9.17) is 0 Å². The Hall–Kier alpha value is -3.39. The lowest BCUT2D eigenvalue weighted by molar-refractivity contribution is 0.0783. The number of rotatable bonds is 7. The Labute approximate surface area is 217 Å². The van der Waals surface area contributed by atoms with E-state index in [1.165, 1.54) is 12.7 Å². The Kier molecular flexibility index (Phi) is 7.74. The van der Waals surface area contributed by atoms with Gasteiger partial charge in [0.05, 0.1) is 18.2 Å². The van der Waals surface area contributed by atoms with E-state index in [1.54, 1.807) is 12.1 Å². The van der Waals surface area contributed by atoms with Gasteiger partial charge < -0.3 is 24.4 Å². The van der Waals surface area contributed by atoms with Crippen LogP contribution >= 0.6 is 0 Å². The molecule has 0 bridgehead atoms. The fourth-order valence-electron chi connectivity index (χ4n) is 5.86. The number of ether oxygens (including phenoxy) is 1. The van der Waals surface area contributed by atoms with E-state index < -0.39 is 6.09 Å². The molecule has 8 heteroatoms. The second-order valence-electron chi connectivity index (χ2n) is 10.2. The van der Waals surface area contributed by atoms with Crippen LogP contribution in [0.4, 0.5) is 9.18 Å². The van der Waals surface area contributed by atoms with E-state index in [1.807, 2.05) is 52.1 Å². The predicted octanol–water partition coefficient (Wildman–Crippen LogP) is 4.48. The van der Waals surface area contributed by atoms with Gasteiger partial charge in [0.2, 0.25) is 0 Å². The van der Waals surface area contributed by atoms with Crippen LogP contribution in [0.5, 0.6) is 0 Å². The standard InChI is InChI=1S/C29H35FN4O3/c1-37-29(36)31-13-18-33-17-12-24-3-2-4-26(27(24)33)28(35)34-16-9-21(20-34)19-32-14-10-23(11-15-32)22-5-7-25(30)8-6-22/h2-8,12,17,21,23H,9-11,13-16,18-20H2,1H3,(H,31,36)/t21-/m1/s1. The summed E-state index contributed by atoms with van der Waals surface area (Å²) in [7, 11) is 1.34. The van der Waals surface area contributed by atoms with Crippen LogP contribution in [0, 0.1) is 11.7 Å². The third kappa shape index (κ3) is 5.80. The molecule has 5 rings (SSSR count). The monoisotopic (exact) mass is 506 g/mol. The number of halogens is 1. The Bertz CT molecular complexity index is 1230. The van der Waals surface area contributed by atoms with Crippen molar-refractivity contribution >= 4 is 22.9 Å². The number of para-hydroxylation sites is 1. The molecule has 0 saturated carbocycles. The highest BCUT2D eigenvalue weighted by atomic mass is 19.1. The Balaban J connectivity index is 1.17. The second kappa shape index (κ2) is 11.3. The number of carbonyl (C=O) groups excluding carboxylic acids is 2. The number of piperidine rings is 1. The van der Waals surface area contributed by atoms with Crippen LogP contribution in [0.3, 0.4) is 0 Å². The van der Waals surface area contributed by atoms with E-state index in [2.05, 4.69) is 15.0 Å². The SMILES string of the molecule is COC(=O)NCCn1ccc2cccc(C(=O)N3CC[C@H](CN4CCC(c5ccc(F)cc5)CC4)C3)c21. The topological polar surface area (TPSA) is 66.8 Å². The molecule has 0 spiro atoms. The Morgan fingerprint density at radius 2 is 1.81 bits per heavy atom. The van der Waals surface area contributed by atoms with Crippen molar-refractivity contribution in [2.75, 3.05) is 46.4 Å². The molecule has 2 aromatic carbocycles. The minimum absolute atomic E-state index is 0.0731. The fraction of sp³-hybridized carbons (Fsp3) is 0.448. The van der Waals surface area contributed by atoms with Crippen molar-refractivity contribution in [1.82, 2.24) is 19.7 Å². The van der Waals surface area contributed by atoms with Gasteiger partial charge in [-0.2, -0.15) is 0 Å². The van der Waals surface area contributed by atoms with Gasteiger partial charge in [-0.05, 0) is 74.0 Å². The van der Waals surface area contributed by atoms with Gasteiger partial charge in [-0.15, -0.1) is 0 Å². The Morgan fingerprint density at radius 3 is 2.57 bits per heavy atom. The van der Waals surface area contributed by atoms with Gasteiger partial charge in [0, 0.05) is 44.3 Å².